The first-order chi connectivity index (χ1) is 15.8. The van der Waals surface area contributed by atoms with Crippen LogP contribution in [0.15, 0.2) is 6.07 Å². The van der Waals surface area contributed by atoms with Crippen molar-refractivity contribution in [3.05, 3.63) is 15.8 Å². The van der Waals surface area contributed by atoms with Crippen molar-refractivity contribution in [1.82, 2.24) is 10.2 Å². The zero-order chi connectivity index (χ0) is 24.0. The molecule has 1 saturated heterocycles. The molecule has 0 spiro atoms. The Hall–Kier alpha value is -2.37. The number of hydrogen-bond donors (Lipinski definition) is 1. The first-order valence-electron chi connectivity index (χ1n) is 11.8. The summed E-state index contributed by atoms with van der Waals surface area (Å²) in [6, 6.07) is 1.76. The zero-order valence-electron chi connectivity index (χ0n) is 20.1. The van der Waals surface area contributed by atoms with Crippen molar-refractivity contribution in [3.63, 3.8) is 0 Å². The van der Waals surface area contributed by atoms with Crippen molar-refractivity contribution in [2.24, 2.45) is 17.8 Å². The Balaban J connectivity index is 1.96. The van der Waals surface area contributed by atoms with E-state index >= 15 is 0 Å². The molecule has 2 heterocycles. The fourth-order valence-electron chi connectivity index (χ4n) is 4.26. The predicted octanol–water partition coefficient (Wildman–Crippen LogP) is 3.13. The minimum atomic E-state index is -0.516. The summed E-state index contributed by atoms with van der Waals surface area (Å²) in [7, 11) is 1.33. The first-order valence-corrected chi connectivity index (χ1v) is 12.6. The van der Waals surface area contributed by atoms with Crippen LogP contribution in [-0.4, -0.2) is 62.5 Å². The number of methoxy groups -OCH3 is 1. The van der Waals surface area contributed by atoms with Crippen LogP contribution in [0, 0.1) is 29.6 Å². The van der Waals surface area contributed by atoms with Crippen LogP contribution in [-0.2, 0) is 14.3 Å². The number of thiophene rings is 1. The number of amides is 2. The van der Waals surface area contributed by atoms with Gasteiger partial charge in [0.1, 0.15) is 11.4 Å². The van der Waals surface area contributed by atoms with E-state index < -0.39 is 5.97 Å². The second-order valence-electron chi connectivity index (χ2n) is 9.25. The first kappa shape index (κ1) is 25.3. The summed E-state index contributed by atoms with van der Waals surface area (Å²) in [4.78, 5) is 43.8. The van der Waals surface area contributed by atoms with Gasteiger partial charge in [-0.15, -0.1) is 11.3 Å². The van der Waals surface area contributed by atoms with Gasteiger partial charge in [-0.3, -0.25) is 9.59 Å². The molecule has 1 N–H and O–H groups in total. The minimum Gasteiger partial charge on any atom is -0.465 e. The summed E-state index contributed by atoms with van der Waals surface area (Å²) in [6.45, 7) is 8.81. The average molecular weight is 474 g/mol. The fourth-order valence-corrected chi connectivity index (χ4v) is 5.20. The summed E-state index contributed by atoms with van der Waals surface area (Å²) in [5.41, 5.74) is 0.437. The van der Waals surface area contributed by atoms with Gasteiger partial charge in [0.2, 0.25) is 11.8 Å². The van der Waals surface area contributed by atoms with E-state index in [0.29, 0.717) is 34.4 Å². The van der Waals surface area contributed by atoms with Crippen LogP contribution in [0.5, 0.6) is 0 Å². The molecule has 8 heteroatoms. The van der Waals surface area contributed by atoms with Crippen LogP contribution < -0.4 is 10.2 Å². The molecule has 0 unspecified atom stereocenters. The van der Waals surface area contributed by atoms with Gasteiger partial charge in [-0.05, 0) is 37.7 Å². The Morgan fingerprint density at radius 2 is 1.88 bits per heavy atom. The quantitative estimate of drug-likeness (QED) is 0.525. The smallest absolute Gasteiger partial charge is 0.350 e. The molecular weight excluding hydrogens is 438 g/mol. The topological polar surface area (TPSA) is 79.0 Å². The molecule has 0 bridgehead atoms. The molecule has 1 aliphatic carbocycles. The van der Waals surface area contributed by atoms with E-state index in [0.717, 1.165) is 38.8 Å². The molecule has 1 aliphatic heterocycles. The maximum Gasteiger partial charge on any atom is 0.350 e. The lowest BCUT2D eigenvalue weighted by atomic mass is 9.82. The van der Waals surface area contributed by atoms with E-state index in [1.807, 2.05) is 13.8 Å². The number of esters is 1. The summed E-state index contributed by atoms with van der Waals surface area (Å²) in [5, 5.41) is 3.24. The number of carbonyl (C=O) groups is 3. The summed E-state index contributed by atoms with van der Waals surface area (Å²) >= 11 is 1.21. The van der Waals surface area contributed by atoms with Crippen LogP contribution in [0.4, 0.5) is 5.69 Å². The van der Waals surface area contributed by atoms with E-state index in [-0.39, 0.29) is 30.2 Å². The number of nitrogens with zero attached hydrogens (tertiary/aromatic N) is 2. The lowest BCUT2D eigenvalue weighted by Crippen LogP contribution is -2.51. The molecule has 1 aromatic rings. The number of rotatable bonds is 5. The van der Waals surface area contributed by atoms with Gasteiger partial charge >= 0.3 is 5.97 Å². The molecule has 1 saturated carbocycles. The molecule has 2 fully saturated rings. The van der Waals surface area contributed by atoms with Crippen molar-refractivity contribution in [2.45, 2.75) is 46.5 Å². The molecule has 0 aromatic carbocycles. The Kier molecular flexibility index (Phi) is 8.93. The third-order valence-corrected chi connectivity index (χ3v) is 7.27. The van der Waals surface area contributed by atoms with E-state index in [1.54, 1.807) is 11.0 Å². The SMILES string of the molecule is COC(=O)c1sc(C#CC(C)C)cc1N(CC(=O)N1CCNCC1)C(=O)[C@H]1CC[C@H](C)CC1. The van der Waals surface area contributed by atoms with Crippen LogP contribution >= 0.6 is 11.3 Å². The molecule has 2 aliphatic rings. The number of nitrogens with one attached hydrogen (secondary N) is 1. The highest BCUT2D eigenvalue weighted by Gasteiger charge is 2.34. The molecule has 180 valence electrons. The van der Waals surface area contributed by atoms with Gasteiger partial charge in [0.15, 0.2) is 0 Å². The number of piperazine rings is 1. The van der Waals surface area contributed by atoms with E-state index in [4.69, 9.17) is 4.74 Å². The highest BCUT2D eigenvalue weighted by molar-refractivity contribution is 7.15. The lowest BCUT2D eigenvalue weighted by molar-refractivity contribution is -0.132. The molecular formula is C25H35N3O4S. The standard InChI is InChI=1S/C25H35N3O4S/c1-17(2)5-10-20-15-21(23(33-20)25(31)32-4)28(16-22(29)27-13-11-26-12-14-27)24(30)19-8-6-18(3)7-9-19/h15,17-19,26H,6-9,11-14,16H2,1-4H3/t18-,19-. The monoisotopic (exact) mass is 473 g/mol. The van der Waals surface area contributed by atoms with Gasteiger partial charge in [-0.1, -0.05) is 32.6 Å². The Bertz CT molecular complexity index is 916. The van der Waals surface area contributed by atoms with Gasteiger partial charge in [-0.2, -0.15) is 0 Å². The van der Waals surface area contributed by atoms with Crippen molar-refractivity contribution >= 4 is 34.8 Å². The average Bonchev–Trinajstić information content (AvgIpc) is 3.25. The number of anilines is 1. The van der Waals surface area contributed by atoms with Gasteiger partial charge in [-0.25, -0.2) is 4.79 Å². The number of ether oxygens (including phenoxy) is 1. The second-order valence-corrected chi connectivity index (χ2v) is 10.3. The largest absolute Gasteiger partial charge is 0.465 e. The van der Waals surface area contributed by atoms with E-state index in [9.17, 15) is 14.4 Å². The maximum atomic E-state index is 13.7. The van der Waals surface area contributed by atoms with Crippen LogP contribution in [0.25, 0.3) is 0 Å². The van der Waals surface area contributed by atoms with Crippen molar-refractivity contribution in [3.8, 4) is 11.8 Å². The normalized spacial score (nSPS) is 20.7. The minimum absolute atomic E-state index is 0.0807. The van der Waals surface area contributed by atoms with Gasteiger partial charge in [0.05, 0.1) is 17.7 Å². The van der Waals surface area contributed by atoms with Gasteiger partial charge in [0.25, 0.3) is 0 Å². The third-order valence-electron chi connectivity index (χ3n) is 6.25. The van der Waals surface area contributed by atoms with Crippen LogP contribution in [0.2, 0.25) is 0 Å². The molecule has 33 heavy (non-hydrogen) atoms. The fraction of sp³-hybridized carbons (Fsp3) is 0.640. The highest BCUT2D eigenvalue weighted by atomic mass is 32.1. The van der Waals surface area contributed by atoms with Crippen molar-refractivity contribution < 1.29 is 19.1 Å². The van der Waals surface area contributed by atoms with Crippen LogP contribution in [0.3, 0.4) is 0 Å². The zero-order valence-corrected chi connectivity index (χ0v) is 20.9. The van der Waals surface area contributed by atoms with Gasteiger partial charge in [0, 0.05) is 38.0 Å². The molecule has 0 atom stereocenters. The summed E-state index contributed by atoms with van der Waals surface area (Å²) < 4.78 is 5.01. The highest BCUT2D eigenvalue weighted by Crippen LogP contribution is 2.35. The molecule has 1 aromatic heterocycles. The van der Waals surface area contributed by atoms with Crippen molar-refractivity contribution in [2.75, 3.05) is 44.7 Å². The molecule has 7 nitrogen and oxygen atoms in total. The lowest BCUT2D eigenvalue weighted by Gasteiger charge is -2.33. The Labute approximate surface area is 200 Å². The summed E-state index contributed by atoms with van der Waals surface area (Å²) in [6.07, 6.45) is 3.59. The predicted molar refractivity (Wildman–Crippen MR) is 130 cm³/mol. The van der Waals surface area contributed by atoms with E-state index in [1.165, 1.54) is 23.3 Å². The Morgan fingerprint density at radius 1 is 1.21 bits per heavy atom. The van der Waals surface area contributed by atoms with E-state index in [2.05, 4.69) is 24.1 Å². The maximum absolute atomic E-state index is 13.7. The number of carbonyl (C=O) groups excluding carboxylic acids is 3. The van der Waals surface area contributed by atoms with Crippen molar-refractivity contribution in [1.29, 1.82) is 0 Å². The Morgan fingerprint density at radius 3 is 2.48 bits per heavy atom. The molecule has 2 amide bonds. The second kappa shape index (κ2) is 11.7. The number of hydrogen-bond acceptors (Lipinski definition) is 6. The molecule has 0 radical (unpaired) electrons. The van der Waals surface area contributed by atoms with Gasteiger partial charge < -0.3 is 19.9 Å². The summed E-state index contributed by atoms with van der Waals surface area (Å²) in [5.74, 6) is 6.14. The molecule has 3 rings (SSSR count). The third kappa shape index (κ3) is 6.58. The van der Waals surface area contributed by atoms with Crippen LogP contribution in [0.1, 0.15) is 61.0 Å².